The molecular formula is C17H16N2O4S. The molecule has 7 heteroatoms. The van der Waals surface area contributed by atoms with Crippen LogP contribution in [0.2, 0.25) is 0 Å². The number of aromatic carboxylic acids is 1. The van der Waals surface area contributed by atoms with E-state index < -0.39 is 5.97 Å². The van der Waals surface area contributed by atoms with E-state index in [1.165, 1.54) is 10.9 Å². The number of fused-ring (bicyclic) bond motifs is 3. The van der Waals surface area contributed by atoms with Gasteiger partial charge in [-0.25, -0.2) is 9.78 Å². The summed E-state index contributed by atoms with van der Waals surface area (Å²) >= 11 is 1.63. The van der Waals surface area contributed by atoms with Gasteiger partial charge in [0.05, 0.1) is 11.9 Å². The van der Waals surface area contributed by atoms with Gasteiger partial charge >= 0.3 is 5.97 Å². The molecule has 3 heterocycles. The lowest BCUT2D eigenvalue weighted by molar-refractivity contribution is 0.0660. The van der Waals surface area contributed by atoms with Crippen molar-refractivity contribution < 1.29 is 14.3 Å². The van der Waals surface area contributed by atoms with E-state index in [4.69, 9.17) is 9.52 Å². The Hall–Kier alpha value is -2.41. The van der Waals surface area contributed by atoms with Gasteiger partial charge in [0.2, 0.25) is 5.76 Å². The Labute approximate surface area is 141 Å². The van der Waals surface area contributed by atoms with E-state index in [1.807, 2.05) is 6.92 Å². The van der Waals surface area contributed by atoms with Gasteiger partial charge in [0.1, 0.15) is 16.4 Å². The lowest BCUT2D eigenvalue weighted by Crippen LogP contribution is -2.25. The minimum absolute atomic E-state index is 0.0514. The summed E-state index contributed by atoms with van der Waals surface area (Å²) in [4.78, 5) is 30.8. The molecule has 0 saturated heterocycles. The maximum absolute atomic E-state index is 13.0. The van der Waals surface area contributed by atoms with E-state index in [-0.39, 0.29) is 17.9 Å². The Bertz CT molecular complexity index is 1010. The van der Waals surface area contributed by atoms with Gasteiger partial charge < -0.3 is 9.52 Å². The fourth-order valence-electron chi connectivity index (χ4n) is 3.29. The number of carboxylic acid groups (broad SMARTS) is 1. The van der Waals surface area contributed by atoms with Crippen LogP contribution in [0.1, 0.15) is 45.9 Å². The first-order valence-electron chi connectivity index (χ1n) is 7.94. The van der Waals surface area contributed by atoms with Crippen LogP contribution in [-0.4, -0.2) is 20.6 Å². The van der Waals surface area contributed by atoms with E-state index in [1.54, 1.807) is 22.0 Å². The van der Waals surface area contributed by atoms with Crippen molar-refractivity contribution in [3.63, 3.8) is 0 Å². The fourth-order valence-corrected chi connectivity index (χ4v) is 4.56. The molecule has 24 heavy (non-hydrogen) atoms. The Kier molecular flexibility index (Phi) is 3.53. The van der Waals surface area contributed by atoms with E-state index in [9.17, 15) is 9.59 Å². The molecule has 0 aromatic carbocycles. The summed E-state index contributed by atoms with van der Waals surface area (Å²) in [7, 11) is 0. The van der Waals surface area contributed by atoms with Gasteiger partial charge in [-0.1, -0.05) is 6.92 Å². The van der Waals surface area contributed by atoms with Crippen LogP contribution in [-0.2, 0) is 25.8 Å². The van der Waals surface area contributed by atoms with Crippen molar-refractivity contribution >= 4 is 27.5 Å². The van der Waals surface area contributed by atoms with Gasteiger partial charge in [-0.05, 0) is 37.0 Å². The molecular weight excluding hydrogens is 328 g/mol. The first kappa shape index (κ1) is 15.1. The third-order valence-corrected chi connectivity index (χ3v) is 5.59. The second-order valence-corrected chi connectivity index (χ2v) is 6.97. The summed E-state index contributed by atoms with van der Waals surface area (Å²) in [6.45, 7) is 2.15. The number of carbonyl (C=O) groups is 1. The van der Waals surface area contributed by atoms with Gasteiger partial charge in [0, 0.05) is 11.3 Å². The van der Waals surface area contributed by atoms with Crippen molar-refractivity contribution in [3.8, 4) is 0 Å². The number of rotatable bonds is 4. The number of furan rings is 1. The van der Waals surface area contributed by atoms with Crippen LogP contribution in [0.3, 0.4) is 0 Å². The summed E-state index contributed by atoms with van der Waals surface area (Å²) in [5.41, 5.74) is 1.10. The number of aromatic nitrogens is 2. The van der Waals surface area contributed by atoms with Crippen LogP contribution in [0.5, 0.6) is 0 Å². The minimum Gasteiger partial charge on any atom is -0.475 e. The Morgan fingerprint density at radius 2 is 2.25 bits per heavy atom. The minimum atomic E-state index is -1.12. The Balaban J connectivity index is 1.85. The smallest absolute Gasteiger partial charge is 0.371 e. The average Bonchev–Trinajstić information content (AvgIpc) is 3.24. The van der Waals surface area contributed by atoms with Gasteiger partial charge in [0.15, 0.2) is 0 Å². The van der Waals surface area contributed by atoms with Crippen LogP contribution in [0, 0.1) is 0 Å². The SMILES string of the molecule is CCc1nc2sc3c(c2c(=O)n1Cc1ccc(C(=O)O)o1)CCC3. The van der Waals surface area contributed by atoms with Gasteiger partial charge in [-0.2, -0.15) is 0 Å². The van der Waals surface area contributed by atoms with Crippen molar-refractivity contribution in [2.24, 2.45) is 0 Å². The normalized spacial score (nSPS) is 13.5. The van der Waals surface area contributed by atoms with Crippen LogP contribution >= 0.6 is 11.3 Å². The molecule has 124 valence electrons. The molecule has 0 saturated carbocycles. The Morgan fingerprint density at radius 1 is 1.42 bits per heavy atom. The number of carboxylic acids is 1. The number of thiophene rings is 1. The number of nitrogens with zero attached hydrogens (tertiary/aromatic N) is 2. The monoisotopic (exact) mass is 344 g/mol. The second-order valence-electron chi connectivity index (χ2n) is 5.88. The molecule has 3 aromatic rings. The highest BCUT2D eigenvalue weighted by atomic mass is 32.1. The molecule has 0 bridgehead atoms. The molecule has 1 N–H and O–H groups in total. The molecule has 0 aliphatic heterocycles. The predicted octanol–water partition coefficient (Wildman–Crippen LogP) is 2.85. The predicted molar refractivity (Wildman–Crippen MR) is 90.1 cm³/mol. The molecule has 1 aliphatic carbocycles. The molecule has 6 nitrogen and oxygen atoms in total. The Morgan fingerprint density at radius 3 is 2.96 bits per heavy atom. The van der Waals surface area contributed by atoms with Gasteiger partial charge in [-0.15, -0.1) is 11.3 Å². The topological polar surface area (TPSA) is 85.3 Å². The van der Waals surface area contributed by atoms with Gasteiger partial charge in [0.25, 0.3) is 5.56 Å². The lowest BCUT2D eigenvalue weighted by atomic mass is 10.2. The molecule has 0 fully saturated rings. The molecule has 0 amide bonds. The second kappa shape index (κ2) is 5.59. The average molecular weight is 344 g/mol. The van der Waals surface area contributed by atoms with E-state index in [2.05, 4.69) is 4.98 Å². The first-order valence-corrected chi connectivity index (χ1v) is 8.76. The molecule has 3 aromatic heterocycles. The van der Waals surface area contributed by atoms with E-state index >= 15 is 0 Å². The zero-order valence-electron chi connectivity index (χ0n) is 13.2. The summed E-state index contributed by atoms with van der Waals surface area (Å²) < 4.78 is 6.91. The number of hydrogen-bond donors (Lipinski definition) is 1. The van der Waals surface area contributed by atoms with Crippen LogP contribution in [0.25, 0.3) is 10.2 Å². The highest BCUT2D eigenvalue weighted by molar-refractivity contribution is 7.18. The van der Waals surface area contributed by atoms with Crippen molar-refractivity contribution in [1.82, 2.24) is 9.55 Å². The third kappa shape index (κ3) is 2.27. The largest absolute Gasteiger partial charge is 0.475 e. The number of aryl methyl sites for hydroxylation is 3. The molecule has 0 spiro atoms. The van der Waals surface area contributed by atoms with Gasteiger partial charge in [-0.3, -0.25) is 9.36 Å². The summed E-state index contributed by atoms with van der Waals surface area (Å²) in [6.07, 6.45) is 3.67. The molecule has 1 aliphatic rings. The maximum atomic E-state index is 13.0. The number of hydrogen-bond acceptors (Lipinski definition) is 5. The van der Waals surface area contributed by atoms with E-state index in [0.717, 1.165) is 35.0 Å². The van der Waals surface area contributed by atoms with E-state index in [0.29, 0.717) is 18.0 Å². The summed E-state index contributed by atoms with van der Waals surface area (Å²) in [5.74, 6) is -0.104. The molecule has 0 radical (unpaired) electrons. The molecule has 0 unspecified atom stereocenters. The summed E-state index contributed by atoms with van der Waals surface area (Å²) in [5, 5.41) is 9.70. The molecule has 4 rings (SSSR count). The standard InChI is InChI=1S/C17H16N2O4S/c1-2-13-18-15-14(10-4-3-5-12(10)24-15)16(20)19(13)8-9-6-7-11(23-9)17(21)22/h6-7H,2-5,8H2,1H3,(H,21,22). The zero-order chi connectivity index (χ0) is 16.8. The quantitative estimate of drug-likeness (QED) is 0.786. The highest BCUT2D eigenvalue weighted by Crippen LogP contribution is 2.34. The van der Waals surface area contributed by atoms with Crippen molar-refractivity contribution in [1.29, 1.82) is 0 Å². The highest BCUT2D eigenvalue weighted by Gasteiger charge is 2.23. The van der Waals surface area contributed by atoms with Crippen molar-refractivity contribution in [2.45, 2.75) is 39.2 Å². The van der Waals surface area contributed by atoms with Crippen molar-refractivity contribution in [2.75, 3.05) is 0 Å². The first-order chi connectivity index (χ1) is 11.6. The van der Waals surface area contributed by atoms with Crippen LogP contribution in [0.15, 0.2) is 21.3 Å². The summed E-state index contributed by atoms with van der Waals surface area (Å²) in [6, 6.07) is 3.00. The lowest BCUT2D eigenvalue weighted by Gasteiger charge is -2.10. The van der Waals surface area contributed by atoms with Crippen LogP contribution in [0.4, 0.5) is 0 Å². The fraction of sp³-hybridized carbons (Fsp3) is 0.353. The third-order valence-electron chi connectivity index (χ3n) is 4.41. The molecule has 0 atom stereocenters. The zero-order valence-corrected chi connectivity index (χ0v) is 14.0. The van der Waals surface area contributed by atoms with Crippen molar-refractivity contribution in [3.05, 3.63) is 50.3 Å². The van der Waals surface area contributed by atoms with Crippen LogP contribution < -0.4 is 5.56 Å². The maximum Gasteiger partial charge on any atom is 0.371 e.